The summed E-state index contributed by atoms with van der Waals surface area (Å²) >= 11 is 3.01. The van der Waals surface area contributed by atoms with E-state index < -0.39 is 11.8 Å². The zero-order chi connectivity index (χ0) is 12.6. The van der Waals surface area contributed by atoms with Crippen molar-refractivity contribution in [2.24, 2.45) is 5.92 Å². The number of anilines is 1. The van der Waals surface area contributed by atoms with Crippen LogP contribution in [0.5, 0.6) is 0 Å². The van der Waals surface area contributed by atoms with Crippen LogP contribution in [0.1, 0.15) is 23.7 Å². The molecule has 1 aromatic rings. The Balaban J connectivity index is 2.37. The first-order valence-electron chi connectivity index (χ1n) is 5.47. The molecule has 1 heterocycles. The maximum absolute atomic E-state index is 14.0. The Morgan fingerprint density at radius 1 is 1.59 bits per heavy atom. The number of hydrogen-bond donors (Lipinski definition) is 1. The van der Waals surface area contributed by atoms with Crippen molar-refractivity contribution in [2.75, 3.05) is 18.0 Å². The van der Waals surface area contributed by atoms with Crippen LogP contribution in [-0.4, -0.2) is 24.2 Å². The van der Waals surface area contributed by atoms with E-state index in [-0.39, 0.29) is 10.0 Å². The highest BCUT2D eigenvalue weighted by Crippen LogP contribution is 2.32. The Hall–Kier alpha value is -1.10. The van der Waals surface area contributed by atoms with Gasteiger partial charge < -0.3 is 10.0 Å². The van der Waals surface area contributed by atoms with Gasteiger partial charge in [-0.15, -0.1) is 0 Å². The lowest BCUT2D eigenvalue weighted by molar-refractivity contribution is 0.0695. The Labute approximate surface area is 107 Å². The second-order valence-corrected chi connectivity index (χ2v) is 5.20. The predicted molar refractivity (Wildman–Crippen MR) is 67.1 cm³/mol. The van der Waals surface area contributed by atoms with E-state index in [1.165, 1.54) is 6.07 Å². The molecule has 0 radical (unpaired) electrons. The summed E-state index contributed by atoms with van der Waals surface area (Å²) in [5, 5.41) is 8.88. The van der Waals surface area contributed by atoms with E-state index in [9.17, 15) is 9.18 Å². The van der Waals surface area contributed by atoms with Crippen LogP contribution in [-0.2, 0) is 0 Å². The van der Waals surface area contributed by atoms with Crippen molar-refractivity contribution in [2.45, 2.75) is 13.3 Å². The van der Waals surface area contributed by atoms with Crippen molar-refractivity contribution in [3.63, 3.8) is 0 Å². The number of rotatable bonds is 2. The number of aromatic carboxylic acids is 1. The standard InChI is InChI=1S/C12H13BrFNO2/c1-7-4-5-15(6-7)9-3-2-8(12(16)17)10(13)11(9)14/h2-3,7H,4-6H2,1H3,(H,16,17). The van der Waals surface area contributed by atoms with Crippen LogP contribution in [0.15, 0.2) is 16.6 Å². The maximum Gasteiger partial charge on any atom is 0.336 e. The molecule has 92 valence electrons. The molecule has 2 rings (SSSR count). The molecule has 0 aliphatic carbocycles. The fourth-order valence-electron chi connectivity index (χ4n) is 2.10. The predicted octanol–water partition coefficient (Wildman–Crippen LogP) is 3.13. The molecule has 5 heteroatoms. The summed E-state index contributed by atoms with van der Waals surface area (Å²) < 4.78 is 14.1. The number of hydrogen-bond acceptors (Lipinski definition) is 2. The number of halogens is 2. The van der Waals surface area contributed by atoms with Crippen LogP contribution in [0, 0.1) is 11.7 Å². The Kier molecular flexibility index (Phi) is 3.38. The van der Waals surface area contributed by atoms with E-state index in [0.717, 1.165) is 19.5 Å². The van der Waals surface area contributed by atoms with E-state index in [1.807, 2.05) is 4.90 Å². The van der Waals surface area contributed by atoms with Gasteiger partial charge in [-0.2, -0.15) is 0 Å². The van der Waals surface area contributed by atoms with Crippen LogP contribution in [0.4, 0.5) is 10.1 Å². The summed E-state index contributed by atoms with van der Waals surface area (Å²) in [6.07, 6.45) is 1.04. The van der Waals surface area contributed by atoms with Crippen LogP contribution >= 0.6 is 15.9 Å². The molecule has 0 saturated carbocycles. The number of benzene rings is 1. The van der Waals surface area contributed by atoms with E-state index >= 15 is 0 Å². The summed E-state index contributed by atoms with van der Waals surface area (Å²) in [5.74, 6) is -1.07. The zero-order valence-corrected chi connectivity index (χ0v) is 11.0. The summed E-state index contributed by atoms with van der Waals surface area (Å²) in [6.45, 7) is 3.76. The number of carbonyl (C=O) groups is 1. The minimum atomic E-state index is -1.13. The van der Waals surface area contributed by atoms with E-state index in [1.54, 1.807) is 6.07 Å². The van der Waals surface area contributed by atoms with Crippen molar-refractivity contribution < 1.29 is 14.3 Å². The molecule has 1 saturated heterocycles. The van der Waals surface area contributed by atoms with Crippen molar-refractivity contribution in [3.05, 3.63) is 28.0 Å². The molecule has 0 amide bonds. The molecular weight excluding hydrogens is 289 g/mol. The number of nitrogens with zero attached hydrogens (tertiary/aromatic N) is 1. The van der Waals surface area contributed by atoms with Gasteiger partial charge in [-0.05, 0) is 40.4 Å². The number of carboxylic acid groups (broad SMARTS) is 1. The molecular formula is C12H13BrFNO2. The van der Waals surface area contributed by atoms with Crippen LogP contribution < -0.4 is 4.90 Å². The summed E-state index contributed by atoms with van der Waals surface area (Å²) in [6, 6.07) is 2.98. The van der Waals surface area contributed by atoms with Gasteiger partial charge in [0, 0.05) is 13.1 Å². The lowest BCUT2D eigenvalue weighted by Crippen LogP contribution is -2.20. The van der Waals surface area contributed by atoms with Gasteiger partial charge in [-0.25, -0.2) is 9.18 Å². The lowest BCUT2D eigenvalue weighted by Gasteiger charge is -2.20. The molecule has 1 atom stereocenters. The van der Waals surface area contributed by atoms with Crippen molar-refractivity contribution in [1.29, 1.82) is 0 Å². The molecule has 1 fully saturated rings. The third kappa shape index (κ3) is 2.29. The molecule has 1 N–H and O–H groups in total. The third-order valence-electron chi connectivity index (χ3n) is 3.06. The van der Waals surface area contributed by atoms with Crippen molar-refractivity contribution in [1.82, 2.24) is 0 Å². The smallest absolute Gasteiger partial charge is 0.336 e. The largest absolute Gasteiger partial charge is 0.478 e. The summed E-state index contributed by atoms with van der Waals surface area (Å²) in [5.41, 5.74) is 0.435. The van der Waals surface area contributed by atoms with Gasteiger partial charge in [0.1, 0.15) is 0 Å². The highest BCUT2D eigenvalue weighted by Gasteiger charge is 2.24. The zero-order valence-electron chi connectivity index (χ0n) is 9.41. The van der Waals surface area contributed by atoms with Gasteiger partial charge in [-0.3, -0.25) is 0 Å². The van der Waals surface area contributed by atoms with Gasteiger partial charge in [0.25, 0.3) is 0 Å². The Morgan fingerprint density at radius 2 is 2.29 bits per heavy atom. The highest BCUT2D eigenvalue weighted by molar-refractivity contribution is 9.10. The SMILES string of the molecule is CC1CCN(c2ccc(C(=O)O)c(Br)c2F)C1. The highest BCUT2D eigenvalue weighted by atomic mass is 79.9. The van der Waals surface area contributed by atoms with Crippen molar-refractivity contribution in [3.8, 4) is 0 Å². The number of carboxylic acids is 1. The average Bonchev–Trinajstić information content (AvgIpc) is 2.68. The van der Waals surface area contributed by atoms with Crippen LogP contribution in [0.25, 0.3) is 0 Å². The molecule has 1 unspecified atom stereocenters. The minimum absolute atomic E-state index is 0.0297. The average molecular weight is 302 g/mol. The van der Waals surface area contributed by atoms with E-state index in [0.29, 0.717) is 11.6 Å². The molecule has 0 spiro atoms. The van der Waals surface area contributed by atoms with E-state index in [2.05, 4.69) is 22.9 Å². The fourth-order valence-corrected chi connectivity index (χ4v) is 2.61. The summed E-state index contributed by atoms with van der Waals surface area (Å²) in [7, 11) is 0. The van der Waals surface area contributed by atoms with Gasteiger partial charge in [-0.1, -0.05) is 6.92 Å². The maximum atomic E-state index is 14.0. The first-order chi connectivity index (χ1) is 8.00. The Morgan fingerprint density at radius 3 is 2.82 bits per heavy atom. The van der Waals surface area contributed by atoms with Gasteiger partial charge in [0.2, 0.25) is 0 Å². The second kappa shape index (κ2) is 4.64. The fraction of sp³-hybridized carbons (Fsp3) is 0.417. The lowest BCUT2D eigenvalue weighted by atomic mass is 10.1. The molecule has 1 aliphatic rings. The van der Waals surface area contributed by atoms with Crippen LogP contribution in [0.2, 0.25) is 0 Å². The molecule has 0 aromatic heterocycles. The van der Waals surface area contributed by atoms with Crippen LogP contribution in [0.3, 0.4) is 0 Å². The molecule has 1 aliphatic heterocycles. The molecule has 0 bridgehead atoms. The minimum Gasteiger partial charge on any atom is -0.478 e. The van der Waals surface area contributed by atoms with E-state index in [4.69, 9.17) is 5.11 Å². The second-order valence-electron chi connectivity index (χ2n) is 4.41. The molecule has 17 heavy (non-hydrogen) atoms. The monoisotopic (exact) mass is 301 g/mol. The Bertz CT molecular complexity index is 464. The molecule has 3 nitrogen and oxygen atoms in total. The third-order valence-corrected chi connectivity index (χ3v) is 3.83. The first kappa shape index (κ1) is 12.4. The van der Waals surface area contributed by atoms with Crippen molar-refractivity contribution >= 4 is 27.6 Å². The van der Waals surface area contributed by atoms with Gasteiger partial charge in [0.05, 0.1) is 15.7 Å². The summed E-state index contributed by atoms with van der Waals surface area (Å²) in [4.78, 5) is 12.8. The quantitative estimate of drug-likeness (QED) is 0.912. The topological polar surface area (TPSA) is 40.5 Å². The first-order valence-corrected chi connectivity index (χ1v) is 6.26. The molecule has 1 aromatic carbocycles. The normalized spacial score (nSPS) is 19.7. The van der Waals surface area contributed by atoms with Gasteiger partial charge >= 0.3 is 5.97 Å². The van der Waals surface area contributed by atoms with Gasteiger partial charge in [0.15, 0.2) is 5.82 Å².